The zero-order valence-corrected chi connectivity index (χ0v) is 17.7. The molecule has 0 radical (unpaired) electrons. The number of halogens is 1. The van der Waals surface area contributed by atoms with Crippen molar-refractivity contribution >= 4 is 37.5 Å². The summed E-state index contributed by atoms with van der Waals surface area (Å²) >= 11 is 3.54. The number of hydrogen-bond acceptors (Lipinski definition) is 0. The monoisotopic (exact) mass is 428 g/mol. The van der Waals surface area contributed by atoms with E-state index in [4.69, 9.17) is 0 Å². The van der Waals surface area contributed by atoms with Crippen LogP contribution in [0.15, 0.2) is 72.8 Å². The molecule has 0 fully saturated rings. The lowest BCUT2D eigenvalue weighted by molar-refractivity contribution is 0.555. The normalized spacial score (nSPS) is 16.4. The smallest absolute Gasteiger partial charge is 0.00718 e. The summed E-state index contributed by atoms with van der Waals surface area (Å²) in [6.07, 6.45) is 6.07. The molecule has 28 heavy (non-hydrogen) atoms. The lowest BCUT2D eigenvalue weighted by Gasteiger charge is -2.28. The highest BCUT2D eigenvalue weighted by Gasteiger charge is 2.23. The maximum atomic E-state index is 3.54. The predicted molar refractivity (Wildman–Crippen MR) is 125 cm³/mol. The zero-order chi connectivity index (χ0) is 18.9. The van der Waals surface area contributed by atoms with Crippen molar-refractivity contribution in [3.05, 3.63) is 95.1 Å². The van der Waals surface area contributed by atoms with E-state index in [1.807, 2.05) is 0 Å². The van der Waals surface area contributed by atoms with Crippen molar-refractivity contribution in [3.63, 3.8) is 0 Å². The Hall–Kier alpha value is -2.12. The van der Waals surface area contributed by atoms with Crippen molar-refractivity contribution in [2.24, 2.45) is 0 Å². The van der Waals surface area contributed by atoms with Crippen LogP contribution in [-0.4, -0.2) is 5.33 Å². The number of aryl methyl sites for hydroxylation is 2. The fraction of sp³-hybridized carbons (Fsp3) is 0.259. The van der Waals surface area contributed by atoms with E-state index in [2.05, 4.69) is 88.7 Å². The summed E-state index contributed by atoms with van der Waals surface area (Å²) in [7, 11) is 0. The van der Waals surface area contributed by atoms with Gasteiger partial charge in [0.2, 0.25) is 0 Å². The van der Waals surface area contributed by atoms with E-state index in [1.165, 1.54) is 51.9 Å². The van der Waals surface area contributed by atoms with Crippen LogP contribution in [-0.2, 0) is 19.3 Å². The Bertz CT molecular complexity index is 1120. The molecule has 1 atom stereocenters. The Balaban J connectivity index is 1.57. The molecular formula is C27H25Br. The van der Waals surface area contributed by atoms with Gasteiger partial charge in [0.05, 0.1) is 0 Å². The van der Waals surface area contributed by atoms with E-state index in [0.29, 0.717) is 5.92 Å². The number of hydrogen-bond donors (Lipinski definition) is 0. The molecule has 0 heterocycles. The van der Waals surface area contributed by atoms with Crippen LogP contribution in [0.5, 0.6) is 0 Å². The minimum atomic E-state index is 0.621. The second kappa shape index (κ2) is 7.72. The molecule has 1 aliphatic rings. The van der Waals surface area contributed by atoms with E-state index < -0.39 is 0 Å². The lowest BCUT2D eigenvalue weighted by atomic mass is 9.77. The Morgan fingerprint density at radius 2 is 1.54 bits per heavy atom. The van der Waals surface area contributed by atoms with Gasteiger partial charge in [-0.25, -0.2) is 0 Å². The first kappa shape index (κ1) is 17.9. The molecule has 0 saturated heterocycles. The molecule has 0 aliphatic heterocycles. The third-order valence-electron chi connectivity index (χ3n) is 6.35. The predicted octanol–water partition coefficient (Wildman–Crippen LogP) is 7.59. The van der Waals surface area contributed by atoms with Crippen LogP contribution >= 0.6 is 15.9 Å². The number of fused-ring (bicyclic) bond motifs is 5. The van der Waals surface area contributed by atoms with E-state index in [-0.39, 0.29) is 0 Å². The van der Waals surface area contributed by atoms with Crippen LogP contribution in [0.1, 0.15) is 41.0 Å². The first-order valence-corrected chi connectivity index (χ1v) is 11.5. The molecule has 0 saturated carbocycles. The Kier molecular flexibility index (Phi) is 4.94. The van der Waals surface area contributed by atoms with Crippen LogP contribution in [0.3, 0.4) is 0 Å². The zero-order valence-electron chi connectivity index (χ0n) is 16.1. The topological polar surface area (TPSA) is 0 Å². The largest absolute Gasteiger partial charge is 0.0924 e. The van der Waals surface area contributed by atoms with E-state index >= 15 is 0 Å². The molecule has 0 spiro atoms. The standard InChI is InChI=1S/C27H25Br/c28-17-16-19-8-10-20(11-9-19)18-23-6-3-5-22-13-14-25-24-7-2-1-4-21(24)12-15-26(25)27(22)23/h1-2,4,7-15,23H,3,5-6,16-18H2. The Morgan fingerprint density at radius 1 is 0.750 bits per heavy atom. The van der Waals surface area contributed by atoms with Gasteiger partial charge in [-0.1, -0.05) is 88.7 Å². The summed E-state index contributed by atoms with van der Waals surface area (Å²) in [5.74, 6) is 0.621. The molecule has 4 aromatic carbocycles. The molecule has 5 rings (SSSR count). The summed E-state index contributed by atoms with van der Waals surface area (Å²) in [5, 5.41) is 6.63. The number of alkyl halides is 1. The molecule has 4 aromatic rings. The van der Waals surface area contributed by atoms with E-state index in [9.17, 15) is 0 Å². The first-order valence-electron chi connectivity index (χ1n) is 10.4. The second-order valence-corrected chi connectivity index (χ2v) is 8.86. The van der Waals surface area contributed by atoms with Crippen LogP contribution in [0.4, 0.5) is 0 Å². The van der Waals surface area contributed by atoms with Crippen molar-refractivity contribution in [1.29, 1.82) is 0 Å². The number of rotatable bonds is 4. The third-order valence-corrected chi connectivity index (χ3v) is 6.75. The lowest BCUT2D eigenvalue weighted by Crippen LogP contribution is -2.13. The third kappa shape index (κ3) is 3.26. The van der Waals surface area contributed by atoms with Gasteiger partial charge in [-0.3, -0.25) is 0 Å². The molecule has 0 bridgehead atoms. The highest BCUT2D eigenvalue weighted by molar-refractivity contribution is 9.09. The van der Waals surface area contributed by atoms with Crippen LogP contribution in [0.2, 0.25) is 0 Å². The van der Waals surface area contributed by atoms with Crippen molar-refractivity contribution in [1.82, 2.24) is 0 Å². The average Bonchev–Trinajstić information content (AvgIpc) is 2.75. The van der Waals surface area contributed by atoms with Gasteiger partial charge in [0.25, 0.3) is 0 Å². The summed E-state index contributed by atoms with van der Waals surface area (Å²) in [6.45, 7) is 0. The highest BCUT2D eigenvalue weighted by atomic mass is 79.9. The highest BCUT2D eigenvalue weighted by Crippen LogP contribution is 2.40. The molecule has 140 valence electrons. The van der Waals surface area contributed by atoms with E-state index in [1.54, 1.807) is 11.1 Å². The summed E-state index contributed by atoms with van der Waals surface area (Å²) < 4.78 is 0. The van der Waals surface area contributed by atoms with Crippen LogP contribution < -0.4 is 0 Å². The van der Waals surface area contributed by atoms with Crippen LogP contribution in [0.25, 0.3) is 21.5 Å². The van der Waals surface area contributed by atoms with Gasteiger partial charge in [0.1, 0.15) is 0 Å². The van der Waals surface area contributed by atoms with Gasteiger partial charge in [-0.2, -0.15) is 0 Å². The molecule has 0 amide bonds. The van der Waals surface area contributed by atoms with Gasteiger partial charge < -0.3 is 0 Å². The minimum absolute atomic E-state index is 0.621. The van der Waals surface area contributed by atoms with E-state index in [0.717, 1.165) is 18.2 Å². The first-order chi connectivity index (χ1) is 13.8. The van der Waals surface area contributed by atoms with Gasteiger partial charge in [-0.15, -0.1) is 0 Å². The maximum Gasteiger partial charge on any atom is 0.00718 e. The minimum Gasteiger partial charge on any atom is -0.0924 e. The molecular weight excluding hydrogens is 404 g/mol. The maximum absolute atomic E-state index is 3.54. The van der Waals surface area contributed by atoms with Crippen molar-refractivity contribution in [2.45, 2.75) is 38.0 Å². The van der Waals surface area contributed by atoms with Crippen molar-refractivity contribution in [3.8, 4) is 0 Å². The van der Waals surface area contributed by atoms with Gasteiger partial charge >= 0.3 is 0 Å². The average molecular weight is 429 g/mol. The van der Waals surface area contributed by atoms with Gasteiger partial charge in [-0.05, 0) is 81.8 Å². The SMILES string of the molecule is BrCCc1ccc(CC2CCCc3ccc4c(ccc5ccccc54)c32)cc1. The molecule has 1 aliphatic carbocycles. The van der Waals surface area contributed by atoms with Crippen molar-refractivity contribution < 1.29 is 0 Å². The molecule has 0 nitrogen and oxygen atoms in total. The van der Waals surface area contributed by atoms with Crippen LogP contribution in [0, 0.1) is 0 Å². The fourth-order valence-electron chi connectivity index (χ4n) is 4.98. The molecule has 1 heteroatoms. The molecule has 0 N–H and O–H groups in total. The molecule has 1 unspecified atom stereocenters. The number of benzene rings is 4. The molecule has 0 aromatic heterocycles. The second-order valence-electron chi connectivity index (χ2n) is 8.07. The summed E-state index contributed by atoms with van der Waals surface area (Å²) in [4.78, 5) is 0. The quantitative estimate of drug-likeness (QED) is 0.232. The summed E-state index contributed by atoms with van der Waals surface area (Å²) in [6, 6.07) is 27.5. The van der Waals surface area contributed by atoms with Gasteiger partial charge in [0.15, 0.2) is 0 Å². The Labute approximate surface area is 175 Å². The van der Waals surface area contributed by atoms with Crippen molar-refractivity contribution in [2.75, 3.05) is 5.33 Å². The Morgan fingerprint density at radius 3 is 2.39 bits per heavy atom. The van der Waals surface area contributed by atoms with Gasteiger partial charge in [0, 0.05) is 5.33 Å². The summed E-state index contributed by atoms with van der Waals surface area (Å²) in [5.41, 5.74) is 6.06. The fourth-order valence-corrected chi connectivity index (χ4v) is 5.44.